The second kappa shape index (κ2) is 8.50. The summed E-state index contributed by atoms with van der Waals surface area (Å²) in [6.45, 7) is 3.11. The van der Waals surface area contributed by atoms with Crippen molar-refractivity contribution in [1.82, 2.24) is 10.3 Å². The van der Waals surface area contributed by atoms with Crippen LogP contribution < -0.4 is 10.6 Å². The molecule has 0 radical (unpaired) electrons. The molecule has 0 fully saturated rings. The van der Waals surface area contributed by atoms with Gasteiger partial charge in [-0.3, -0.25) is 4.79 Å². The van der Waals surface area contributed by atoms with E-state index in [1.165, 1.54) is 5.56 Å². The molecule has 4 nitrogen and oxygen atoms in total. The summed E-state index contributed by atoms with van der Waals surface area (Å²) in [6.07, 6.45) is 1.65. The van der Waals surface area contributed by atoms with E-state index < -0.39 is 0 Å². The molecule has 0 aliphatic heterocycles. The van der Waals surface area contributed by atoms with Gasteiger partial charge >= 0.3 is 0 Å². The lowest BCUT2D eigenvalue weighted by molar-refractivity contribution is 0.0946. The van der Waals surface area contributed by atoms with Crippen molar-refractivity contribution in [2.45, 2.75) is 20.0 Å². The van der Waals surface area contributed by atoms with Gasteiger partial charge in [0.05, 0.1) is 11.9 Å². The van der Waals surface area contributed by atoms with Crippen molar-refractivity contribution in [2.75, 3.05) is 5.32 Å². The zero-order valence-electron chi connectivity index (χ0n) is 14.5. The van der Waals surface area contributed by atoms with Crippen molar-refractivity contribution in [1.29, 1.82) is 0 Å². The van der Waals surface area contributed by atoms with Gasteiger partial charge in [0.25, 0.3) is 5.91 Å². The molecule has 26 heavy (non-hydrogen) atoms. The molecule has 5 heteroatoms. The number of aryl methyl sites for hydroxylation is 1. The number of carbonyl (C=O) groups is 1. The second-order valence-corrected chi connectivity index (χ2v) is 6.46. The highest BCUT2D eigenvalue weighted by atomic mass is 35.5. The van der Waals surface area contributed by atoms with Crippen molar-refractivity contribution in [3.05, 3.63) is 94.3 Å². The standard InChI is InChI=1S/C21H20ClN3O/c1-15-5-4-6-16(11-15)12-25-21(26)20-10-9-18(14-24-20)23-13-17-7-2-3-8-19(17)22/h2-11,14,23H,12-13H2,1H3,(H,25,26). The van der Waals surface area contributed by atoms with Gasteiger partial charge in [-0.05, 0) is 36.2 Å². The van der Waals surface area contributed by atoms with Gasteiger partial charge in [0, 0.05) is 18.1 Å². The highest BCUT2D eigenvalue weighted by Crippen LogP contribution is 2.16. The number of rotatable bonds is 6. The quantitative estimate of drug-likeness (QED) is 0.672. The molecular formula is C21H20ClN3O. The Balaban J connectivity index is 1.55. The smallest absolute Gasteiger partial charge is 0.270 e. The van der Waals surface area contributed by atoms with Crippen LogP contribution in [-0.2, 0) is 13.1 Å². The van der Waals surface area contributed by atoms with E-state index in [2.05, 4.69) is 21.7 Å². The number of anilines is 1. The first-order valence-corrected chi connectivity index (χ1v) is 8.77. The maximum Gasteiger partial charge on any atom is 0.270 e. The molecule has 3 aromatic rings. The number of amides is 1. The number of carbonyl (C=O) groups excluding carboxylic acids is 1. The second-order valence-electron chi connectivity index (χ2n) is 6.05. The lowest BCUT2D eigenvalue weighted by Gasteiger charge is -2.09. The van der Waals surface area contributed by atoms with Gasteiger partial charge in [0.15, 0.2) is 0 Å². The predicted octanol–water partition coefficient (Wildman–Crippen LogP) is 4.59. The van der Waals surface area contributed by atoms with Gasteiger partial charge < -0.3 is 10.6 Å². The van der Waals surface area contributed by atoms with E-state index in [1.807, 2.05) is 55.5 Å². The Morgan fingerprint density at radius 2 is 1.88 bits per heavy atom. The van der Waals surface area contributed by atoms with Crippen LogP contribution in [0.25, 0.3) is 0 Å². The van der Waals surface area contributed by atoms with Gasteiger partial charge in [-0.2, -0.15) is 0 Å². The lowest BCUT2D eigenvalue weighted by Crippen LogP contribution is -2.23. The lowest BCUT2D eigenvalue weighted by atomic mass is 10.1. The van der Waals surface area contributed by atoms with Gasteiger partial charge in [0.2, 0.25) is 0 Å². The molecular weight excluding hydrogens is 346 g/mol. The number of halogens is 1. The zero-order chi connectivity index (χ0) is 18.4. The Morgan fingerprint density at radius 1 is 1.04 bits per heavy atom. The first-order valence-electron chi connectivity index (χ1n) is 8.39. The van der Waals surface area contributed by atoms with Crippen molar-refractivity contribution < 1.29 is 4.79 Å². The fourth-order valence-corrected chi connectivity index (χ4v) is 2.77. The summed E-state index contributed by atoms with van der Waals surface area (Å²) >= 11 is 6.14. The molecule has 0 saturated carbocycles. The van der Waals surface area contributed by atoms with Crippen LogP contribution in [-0.4, -0.2) is 10.9 Å². The maximum absolute atomic E-state index is 12.2. The van der Waals surface area contributed by atoms with Crippen LogP contribution in [0, 0.1) is 6.92 Å². The molecule has 1 amide bonds. The highest BCUT2D eigenvalue weighted by Gasteiger charge is 2.07. The average Bonchev–Trinajstić information content (AvgIpc) is 2.66. The van der Waals surface area contributed by atoms with Crippen molar-refractivity contribution in [2.24, 2.45) is 0 Å². The van der Waals surface area contributed by atoms with Crippen LogP contribution in [0.5, 0.6) is 0 Å². The summed E-state index contributed by atoms with van der Waals surface area (Å²) in [5.41, 5.74) is 4.47. The fraction of sp³-hybridized carbons (Fsp3) is 0.143. The minimum atomic E-state index is -0.191. The van der Waals surface area contributed by atoms with Crippen LogP contribution >= 0.6 is 11.6 Å². The van der Waals surface area contributed by atoms with E-state index in [0.717, 1.165) is 21.8 Å². The number of nitrogens with one attached hydrogen (secondary N) is 2. The van der Waals surface area contributed by atoms with Gasteiger partial charge in [-0.15, -0.1) is 0 Å². The third-order valence-electron chi connectivity index (χ3n) is 3.97. The summed E-state index contributed by atoms with van der Waals surface area (Å²) < 4.78 is 0. The van der Waals surface area contributed by atoms with E-state index in [4.69, 9.17) is 11.6 Å². The van der Waals surface area contributed by atoms with Crippen molar-refractivity contribution >= 4 is 23.2 Å². The third kappa shape index (κ3) is 4.83. The molecule has 0 atom stereocenters. The molecule has 2 N–H and O–H groups in total. The zero-order valence-corrected chi connectivity index (χ0v) is 15.3. The van der Waals surface area contributed by atoms with Crippen LogP contribution in [0.3, 0.4) is 0 Å². The monoisotopic (exact) mass is 365 g/mol. The molecule has 0 aliphatic carbocycles. The molecule has 0 aliphatic rings. The predicted molar refractivity (Wildman–Crippen MR) is 105 cm³/mol. The van der Waals surface area contributed by atoms with Crippen molar-refractivity contribution in [3.8, 4) is 0 Å². The largest absolute Gasteiger partial charge is 0.380 e. The molecule has 0 saturated heterocycles. The van der Waals surface area contributed by atoms with Gasteiger partial charge in [-0.1, -0.05) is 59.6 Å². The maximum atomic E-state index is 12.2. The van der Waals surface area contributed by atoms with Crippen LogP contribution in [0.1, 0.15) is 27.2 Å². The Hall–Kier alpha value is -2.85. The molecule has 1 heterocycles. The normalized spacial score (nSPS) is 10.4. The Bertz CT molecular complexity index is 894. The summed E-state index contributed by atoms with van der Waals surface area (Å²) in [6, 6.07) is 19.3. The summed E-state index contributed by atoms with van der Waals surface area (Å²) in [5.74, 6) is -0.191. The summed E-state index contributed by atoms with van der Waals surface area (Å²) in [5, 5.41) is 6.86. The number of hydrogen-bond donors (Lipinski definition) is 2. The summed E-state index contributed by atoms with van der Waals surface area (Å²) in [4.78, 5) is 16.5. The van der Waals surface area contributed by atoms with E-state index in [0.29, 0.717) is 18.8 Å². The molecule has 132 valence electrons. The number of nitrogens with zero attached hydrogens (tertiary/aromatic N) is 1. The molecule has 0 bridgehead atoms. The van der Waals surface area contributed by atoms with Crippen LogP contribution in [0.15, 0.2) is 66.9 Å². The van der Waals surface area contributed by atoms with Crippen LogP contribution in [0.2, 0.25) is 5.02 Å². The highest BCUT2D eigenvalue weighted by molar-refractivity contribution is 6.31. The number of aromatic nitrogens is 1. The Morgan fingerprint density at radius 3 is 2.62 bits per heavy atom. The average molecular weight is 366 g/mol. The molecule has 0 spiro atoms. The Labute approximate surface area is 158 Å². The van der Waals surface area contributed by atoms with Gasteiger partial charge in [-0.25, -0.2) is 4.98 Å². The minimum Gasteiger partial charge on any atom is -0.380 e. The van der Waals surface area contributed by atoms with E-state index >= 15 is 0 Å². The van der Waals surface area contributed by atoms with Crippen molar-refractivity contribution in [3.63, 3.8) is 0 Å². The topological polar surface area (TPSA) is 54.0 Å². The molecule has 3 rings (SSSR count). The number of benzene rings is 2. The minimum absolute atomic E-state index is 0.191. The van der Waals surface area contributed by atoms with E-state index in [1.54, 1.807) is 12.3 Å². The number of hydrogen-bond acceptors (Lipinski definition) is 3. The van der Waals surface area contributed by atoms with E-state index in [-0.39, 0.29) is 5.91 Å². The molecule has 1 aromatic heterocycles. The first kappa shape index (κ1) is 18.0. The number of pyridine rings is 1. The SMILES string of the molecule is Cc1cccc(CNC(=O)c2ccc(NCc3ccccc3Cl)cn2)c1. The van der Waals surface area contributed by atoms with Crippen LogP contribution in [0.4, 0.5) is 5.69 Å². The molecule has 0 unspecified atom stereocenters. The fourth-order valence-electron chi connectivity index (χ4n) is 2.57. The third-order valence-corrected chi connectivity index (χ3v) is 4.34. The summed E-state index contributed by atoms with van der Waals surface area (Å²) in [7, 11) is 0. The van der Waals surface area contributed by atoms with Gasteiger partial charge in [0.1, 0.15) is 5.69 Å². The van der Waals surface area contributed by atoms with E-state index in [9.17, 15) is 4.79 Å². The Kier molecular flexibility index (Phi) is 5.87. The molecule has 2 aromatic carbocycles. The first-order chi connectivity index (χ1) is 12.6.